The molecule has 1 aromatic heterocycles. The van der Waals surface area contributed by atoms with Gasteiger partial charge in [-0.15, -0.1) is 11.8 Å². The highest BCUT2D eigenvalue weighted by Gasteiger charge is 2.14. The van der Waals surface area contributed by atoms with Crippen molar-refractivity contribution in [1.29, 1.82) is 0 Å². The molecule has 1 heterocycles. The lowest BCUT2D eigenvalue weighted by Crippen LogP contribution is -2.30. The highest BCUT2D eigenvalue weighted by Crippen LogP contribution is 2.25. The lowest BCUT2D eigenvalue weighted by molar-refractivity contribution is -0.144. The first-order valence-corrected chi connectivity index (χ1v) is 14.2. The Morgan fingerprint density at radius 3 is 2.37 bits per heavy atom. The zero-order valence-corrected chi connectivity index (χ0v) is 23.2. The second-order valence-corrected chi connectivity index (χ2v) is 10.1. The number of aryl methyl sites for hydroxylation is 1. The molecule has 0 aliphatic rings. The van der Waals surface area contributed by atoms with E-state index in [9.17, 15) is 4.79 Å². The van der Waals surface area contributed by atoms with E-state index in [1.165, 1.54) is 21.8 Å². The van der Waals surface area contributed by atoms with Crippen LogP contribution in [0.2, 0.25) is 0 Å². The van der Waals surface area contributed by atoms with Crippen LogP contribution in [0.15, 0.2) is 95.9 Å². The predicted octanol–water partition coefficient (Wildman–Crippen LogP) is 6.83. The number of esters is 1. The number of ether oxygens (including phenoxy) is 2. The molecule has 6 heteroatoms. The van der Waals surface area contributed by atoms with Crippen molar-refractivity contribution in [3.05, 3.63) is 108 Å². The van der Waals surface area contributed by atoms with Crippen molar-refractivity contribution < 1.29 is 14.3 Å². The van der Waals surface area contributed by atoms with Crippen LogP contribution in [0.3, 0.4) is 0 Å². The number of thioether (sulfide) groups is 1. The van der Waals surface area contributed by atoms with E-state index in [0.29, 0.717) is 26.3 Å². The molecule has 0 spiro atoms. The minimum atomic E-state index is -0.211. The number of benzene rings is 3. The quantitative estimate of drug-likeness (QED) is 0.141. The maximum atomic E-state index is 12.3. The number of aromatic nitrogens is 1. The second kappa shape index (κ2) is 13.9. The number of nitrogens with zero attached hydrogens (tertiary/aromatic N) is 2. The molecular formula is C32H36N2O3S. The van der Waals surface area contributed by atoms with Gasteiger partial charge in [-0.1, -0.05) is 54.6 Å². The first-order valence-electron chi connectivity index (χ1n) is 13.0. The van der Waals surface area contributed by atoms with Crippen LogP contribution in [0.25, 0.3) is 11.3 Å². The van der Waals surface area contributed by atoms with Crippen molar-refractivity contribution in [2.24, 2.45) is 0 Å². The van der Waals surface area contributed by atoms with E-state index in [1.54, 1.807) is 11.8 Å². The summed E-state index contributed by atoms with van der Waals surface area (Å²) in [6.07, 6.45) is 2.09. The lowest BCUT2D eigenvalue weighted by Gasteiger charge is -2.22. The molecule has 38 heavy (non-hydrogen) atoms. The SMILES string of the molecule is CCOC(=O)CN(Cc1ccccc1)Cc1cccc(OCCn2c(C)ccc2-c2ccc(SC)cc2)c1. The zero-order chi connectivity index (χ0) is 26.7. The fourth-order valence-electron chi connectivity index (χ4n) is 4.53. The van der Waals surface area contributed by atoms with Gasteiger partial charge in [-0.25, -0.2) is 0 Å². The van der Waals surface area contributed by atoms with Gasteiger partial charge in [0.2, 0.25) is 0 Å². The molecule has 0 radical (unpaired) electrons. The molecule has 198 valence electrons. The van der Waals surface area contributed by atoms with Crippen LogP contribution in [0.4, 0.5) is 0 Å². The molecule has 0 fully saturated rings. The molecule has 0 unspecified atom stereocenters. The van der Waals surface area contributed by atoms with Crippen molar-refractivity contribution in [1.82, 2.24) is 9.47 Å². The molecule has 4 aromatic rings. The van der Waals surface area contributed by atoms with Crippen molar-refractivity contribution in [3.63, 3.8) is 0 Å². The molecular weight excluding hydrogens is 492 g/mol. The van der Waals surface area contributed by atoms with E-state index < -0.39 is 0 Å². The Balaban J connectivity index is 1.40. The molecule has 0 amide bonds. The van der Waals surface area contributed by atoms with Gasteiger partial charge < -0.3 is 14.0 Å². The third-order valence-electron chi connectivity index (χ3n) is 6.38. The third-order valence-corrected chi connectivity index (χ3v) is 7.12. The van der Waals surface area contributed by atoms with E-state index >= 15 is 0 Å². The number of hydrogen-bond donors (Lipinski definition) is 0. The van der Waals surface area contributed by atoms with Crippen molar-refractivity contribution in [2.75, 3.05) is 26.0 Å². The van der Waals surface area contributed by atoms with Crippen LogP contribution in [0, 0.1) is 6.92 Å². The molecule has 0 saturated heterocycles. The summed E-state index contributed by atoms with van der Waals surface area (Å²) in [6, 6.07) is 31.3. The van der Waals surface area contributed by atoms with E-state index in [-0.39, 0.29) is 12.5 Å². The predicted molar refractivity (Wildman–Crippen MR) is 156 cm³/mol. The van der Waals surface area contributed by atoms with Crippen LogP contribution in [-0.4, -0.2) is 41.5 Å². The number of hydrogen-bond acceptors (Lipinski definition) is 5. The second-order valence-electron chi connectivity index (χ2n) is 9.17. The van der Waals surface area contributed by atoms with Gasteiger partial charge in [0.25, 0.3) is 0 Å². The molecule has 0 aliphatic heterocycles. The largest absolute Gasteiger partial charge is 0.492 e. The van der Waals surface area contributed by atoms with Gasteiger partial charge in [-0.3, -0.25) is 9.69 Å². The standard InChI is InChI=1S/C32H36N2O3S/c1-4-36-32(35)24-33(22-26-9-6-5-7-10-26)23-27-11-8-12-29(21-27)37-20-19-34-25(2)13-18-31(34)28-14-16-30(38-3)17-15-28/h5-18,21H,4,19-20,22-24H2,1-3H3. The highest BCUT2D eigenvalue weighted by molar-refractivity contribution is 7.98. The Bertz CT molecular complexity index is 1300. The van der Waals surface area contributed by atoms with Gasteiger partial charge in [0, 0.05) is 29.4 Å². The van der Waals surface area contributed by atoms with Crippen LogP contribution in [-0.2, 0) is 29.2 Å². The lowest BCUT2D eigenvalue weighted by atomic mass is 10.1. The highest BCUT2D eigenvalue weighted by atomic mass is 32.2. The summed E-state index contributed by atoms with van der Waals surface area (Å²) in [5, 5.41) is 0. The monoisotopic (exact) mass is 528 g/mol. The van der Waals surface area contributed by atoms with Gasteiger partial charge in [0.15, 0.2) is 0 Å². The maximum Gasteiger partial charge on any atom is 0.320 e. The summed E-state index contributed by atoms with van der Waals surface area (Å²) in [6.45, 7) is 7.19. The van der Waals surface area contributed by atoms with Gasteiger partial charge in [-0.05, 0) is 73.2 Å². The summed E-state index contributed by atoms with van der Waals surface area (Å²) < 4.78 is 13.7. The first kappa shape index (κ1) is 27.6. The van der Waals surface area contributed by atoms with Gasteiger partial charge in [0.1, 0.15) is 12.4 Å². The van der Waals surface area contributed by atoms with Crippen molar-refractivity contribution in [2.45, 2.75) is 38.4 Å². The van der Waals surface area contributed by atoms with Crippen molar-refractivity contribution in [3.8, 4) is 17.0 Å². The van der Waals surface area contributed by atoms with Crippen LogP contribution < -0.4 is 4.74 Å². The molecule has 0 bridgehead atoms. The fourth-order valence-corrected chi connectivity index (χ4v) is 4.93. The van der Waals surface area contributed by atoms with Gasteiger partial charge in [-0.2, -0.15) is 0 Å². The summed E-state index contributed by atoms with van der Waals surface area (Å²) in [5.41, 5.74) is 5.86. The molecule has 0 aliphatic carbocycles. The number of carbonyl (C=O) groups is 1. The Morgan fingerprint density at radius 1 is 0.895 bits per heavy atom. The van der Waals surface area contributed by atoms with Crippen LogP contribution in [0.1, 0.15) is 23.7 Å². The van der Waals surface area contributed by atoms with Crippen LogP contribution in [0.5, 0.6) is 5.75 Å². The summed E-state index contributed by atoms with van der Waals surface area (Å²) in [5.74, 6) is 0.616. The minimum Gasteiger partial charge on any atom is -0.492 e. The Morgan fingerprint density at radius 2 is 1.63 bits per heavy atom. The average Bonchev–Trinajstić information content (AvgIpc) is 3.29. The smallest absolute Gasteiger partial charge is 0.320 e. The van der Waals surface area contributed by atoms with Gasteiger partial charge in [0.05, 0.1) is 19.7 Å². The summed E-state index contributed by atoms with van der Waals surface area (Å²) in [4.78, 5) is 15.6. The molecule has 3 aromatic carbocycles. The van der Waals surface area contributed by atoms with Crippen LogP contribution >= 0.6 is 11.8 Å². The summed E-state index contributed by atoms with van der Waals surface area (Å²) >= 11 is 1.75. The minimum absolute atomic E-state index is 0.211. The van der Waals surface area contributed by atoms with E-state index in [2.05, 4.69) is 83.3 Å². The number of carbonyl (C=O) groups excluding carboxylic acids is 1. The molecule has 4 rings (SSSR count). The Kier molecular flexibility index (Phi) is 10.1. The Hall–Kier alpha value is -3.48. The first-order chi connectivity index (χ1) is 18.6. The normalized spacial score (nSPS) is 11.1. The summed E-state index contributed by atoms with van der Waals surface area (Å²) in [7, 11) is 0. The fraction of sp³-hybridized carbons (Fsp3) is 0.281. The average molecular weight is 529 g/mol. The van der Waals surface area contributed by atoms with E-state index in [1.807, 2.05) is 37.3 Å². The molecule has 5 nitrogen and oxygen atoms in total. The zero-order valence-electron chi connectivity index (χ0n) is 22.4. The van der Waals surface area contributed by atoms with Gasteiger partial charge >= 0.3 is 5.97 Å². The molecule has 0 atom stereocenters. The molecule has 0 N–H and O–H groups in total. The molecule has 0 saturated carbocycles. The number of rotatable bonds is 13. The Labute approximate surface area is 230 Å². The third kappa shape index (κ3) is 7.76. The van der Waals surface area contributed by atoms with E-state index in [4.69, 9.17) is 9.47 Å². The maximum absolute atomic E-state index is 12.3. The van der Waals surface area contributed by atoms with Crippen molar-refractivity contribution >= 4 is 17.7 Å². The topological polar surface area (TPSA) is 43.7 Å². The van der Waals surface area contributed by atoms with E-state index in [0.717, 1.165) is 23.4 Å².